The monoisotopic (exact) mass is 308 g/mol. The molecule has 1 aromatic rings. The molecule has 1 saturated heterocycles. The van der Waals surface area contributed by atoms with Gasteiger partial charge in [-0.15, -0.1) is 0 Å². The Balaban J connectivity index is 1.38. The van der Waals surface area contributed by atoms with Crippen LogP contribution in [-0.2, 0) is 9.59 Å². The van der Waals surface area contributed by atoms with Crippen molar-refractivity contribution < 1.29 is 9.59 Å². The molecule has 0 radical (unpaired) electrons. The van der Waals surface area contributed by atoms with E-state index in [-0.39, 0.29) is 30.3 Å². The minimum atomic E-state index is -0.0973. The van der Waals surface area contributed by atoms with Crippen molar-refractivity contribution >= 4 is 17.5 Å². The summed E-state index contributed by atoms with van der Waals surface area (Å²) in [5, 5.41) is 3.26. The van der Waals surface area contributed by atoms with E-state index in [9.17, 15) is 9.59 Å². The lowest BCUT2D eigenvalue weighted by molar-refractivity contribution is -0.139. The number of amides is 2. The van der Waals surface area contributed by atoms with Crippen molar-refractivity contribution in [2.24, 2.45) is 35.5 Å². The van der Waals surface area contributed by atoms with Gasteiger partial charge in [0.1, 0.15) is 0 Å². The van der Waals surface area contributed by atoms with Crippen molar-refractivity contribution in [3.05, 3.63) is 42.0 Å². The number of likely N-dealkylation sites (tertiary alicyclic amines) is 1. The largest absolute Gasteiger partial charge is 0.367 e. The molecule has 1 aromatic carbocycles. The maximum absolute atomic E-state index is 12.8. The zero-order chi connectivity index (χ0) is 15.7. The number of carbonyl (C=O) groups excluding carboxylic acids is 2. The number of allylic oxidation sites excluding steroid dienone is 2. The van der Waals surface area contributed by atoms with Crippen LogP contribution in [0, 0.1) is 42.4 Å². The molecule has 4 nitrogen and oxygen atoms in total. The van der Waals surface area contributed by atoms with Crippen LogP contribution in [0.25, 0.3) is 0 Å². The van der Waals surface area contributed by atoms with Crippen LogP contribution >= 0.6 is 0 Å². The van der Waals surface area contributed by atoms with Crippen molar-refractivity contribution in [3.63, 3.8) is 0 Å². The third-order valence-electron chi connectivity index (χ3n) is 6.33. The summed E-state index contributed by atoms with van der Waals surface area (Å²) in [6, 6.07) is 7.94. The minimum absolute atomic E-state index is 0.0331. The smallest absolute Gasteiger partial charge is 0.235 e. The van der Waals surface area contributed by atoms with E-state index in [1.807, 2.05) is 31.2 Å². The van der Waals surface area contributed by atoms with Crippen LogP contribution in [-0.4, -0.2) is 23.4 Å². The zero-order valence-electron chi connectivity index (χ0n) is 13.1. The molecule has 6 rings (SSSR count). The number of imide groups is 1. The van der Waals surface area contributed by atoms with E-state index in [0.29, 0.717) is 23.7 Å². The van der Waals surface area contributed by atoms with E-state index < -0.39 is 0 Å². The fraction of sp³-hybridized carbons (Fsp3) is 0.474. The molecule has 2 amide bonds. The Morgan fingerprint density at radius 3 is 2.26 bits per heavy atom. The Kier molecular flexibility index (Phi) is 2.59. The second kappa shape index (κ2) is 4.47. The van der Waals surface area contributed by atoms with E-state index in [1.165, 1.54) is 11.3 Å². The van der Waals surface area contributed by atoms with Gasteiger partial charge in [-0.1, -0.05) is 30.4 Å². The van der Waals surface area contributed by atoms with E-state index in [1.54, 1.807) is 0 Å². The number of benzene rings is 1. The maximum Gasteiger partial charge on any atom is 0.235 e. The van der Waals surface area contributed by atoms with Gasteiger partial charge in [-0.2, -0.15) is 0 Å². The van der Waals surface area contributed by atoms with Gasteiger partial charge in [0.25, 0.3) is 0 Å². The van der Waals surface area contributed by atoms with Gasteiger partial charge in [0.2, 0.25) is 11.8 Å². The van der Waals surface area contributed by atoms with Gasteiger partial charge in [0.15, 0.2) is 0 Å². The quantitative estimate of drug-likeness (QED) is 0.689. The normalized spacial score (nSPS) is 39.4. The van der Waals surface area contributed by atoms with Crippen molar-refractivity contribution in [2.45, 2.75) is 13.3 Å². The number of nitrogens with one attached hydrogen (secondary N) is 1. The summed E-state index contributed by atoms with van der Waals surface area (Å²) in [6.45, 7) is 2.30. The molecular formula is C19H20N2O2. The second-order valence-corrected chi connectivity index (χ2v) is 7.41. The van der Waals surface area contributed by atoms with Crippen molar-refractivity contribution in [1.82, 2.24) is 4.90 Å². The first-order valence-corrected chi connectivity index (χ1v) is 8.50. The van der Waals surface area contributed by atoms with E-state index in [0.717, 1.165) is 11.3 Å². The molecular weight excluding hydrogens is 288 g/mol. The Labute approximate surface area is 135 Å². The standard InChI is InChI=1S/C19H20N2O2/c1-10-4-2-3-5-15(10)20-9-21-18(22)16-11-6-7-12(14-8-13(11)14)17(16)19(21)23/h2-7,11-14,16-17,20H,8-9H2,1H3/t11-,12-,13-,14+,16+,17+/m0/s1. The molecule has 1 N–H and O–H groups in total. The molecule has 4 heteroatoms. The van der Waals surface area contributed by atoms with E-state index in [2.05, 4.69) is 17.5 Å². The van der Waals surface area contributed by atoms with Crippen LogP contribution < -0.4 is 5.32 Å². The molecule has 0 unspecified atom stereocenters. The van der Waals surface area contributed by atoms with Gasteiger partial charge in [0, 0.05) is 5.69 Å². The summed E-state index contributed by atoms with van der Waals surface area (Å²) in [5.74, 6) is 1.79. The molecule has 4 aliphatic carbocycles. The van der Waals surface area contributed by atoms with Crippen LogP contribution in [0.1, 0.15) is 12.0 Å². The van der Waals surface area contributed by atoms with Gasteiger partial charge in [-0.3, -0.25) is 14.5 Å². The molecule has 118 valence electrons. The van der Waals surface area contributed by atoms with Crippen LogP contribution in [0.3, 0.4) is 0 Å². The first kappa shape index (κ1) is 13.3. The highest BCUT2D eigenvalue weighted by molar-refractivity contribution is 6.06. The summed E-state index contributed by atoms with van der Waals surface area (Å²) < 4.78 is 0. The molecule has 23 heavy (non-hydrogen) atoms. The SMILES string of the molecule is Cc1ccccc1NCN1C(=O)[C@@H]2[C@H]3C=C[C@@H]([C@@H]4C[C@H]34)[C@H]2C1=O. The number of anilines is 1. The topological polar surface area (TPSA) is 49.4 Å². The summed E-state index contributed by atoms with van der Waals surface area (Å²) in [4.78, 5) is 27.1. The first-order valence-electron chi connectivity index (χ1n) is 8.50. The Morgan fingerprint density at radius 2 is 1.65 bits per heavy atom. The lowest BCUT2D eigenvalue weighted by Crippen LogP contribution is -2.40. The fourth-order valence-corrected chi connectivity index (χ4v) is 5.11. The average molecular weight is 308 g/mol. The predicted molar refractivity (Wildman–Crippen MR) is 86.2 cm³/mol. The molecule has 1 heterocycles. The van der Waals surface area contributed by atoms with Gasteiger partial charge >= 0.3 is 0 Å². The maximum atomic E-state index is 12.8. The second-order valence-electron chi connectivity index (χ2n) is 7.41. The van der Waals surface area contributed by atoms with E-state index >= 15 is 0 Å². The van der Waals surface area contributed by atoms with Crippen LogP contribution in [0.5, 0.6) is 0 Å². The highest BCUT2D eigenvalue weighted by atomic mass is 16.2. The molecule has 3 fully saturated rings. The van der Waals surface area contributed by atoms with Gasteiger partial charge in [-0.25, -0.2) is 0 Å². The first-order chi connectivity index (χ1) is 11.2. The third kappa shape index (κ3) is 1.72. The molecule has 0 spiro atoms. The summed E-state index contributed by atoms with van der Waals surface area (Å²) >= 11 is 0. The Hall–Kier alpha value is -2.10. The van der Waals surface area contributed by atoms with E-state index in [4.69, 9.17) is 0 Å². The van der Waals surface area contributed by atoms with Crippen LogP contribution in [0.4, 0.5) is 5.69 Å². The highest BCUT2D eigenvalue weighted by Crippen LogP contribution is 2.65. The summed E-state index contributed by atoms with van der Waals surface area (Å²) in [7, 11) is 0. The van der Waals surface area contributed by atoms with Gasteiger partial charge in [0.05, 0.1) is 18.5 Å². The average Bonchev–Trinajstić information content (AvgIpc) is 3.33. The van der Waals surface area contributed by atoms with Gasteiger partial charge in [-0.05, 0) is 48.6 Å². The number of hydrogen-bond acceptors (Lipinski definition) is 3. The minimum Gasteiger partial charge on any atom is -0.367 e. The predicted octanol–water partition coefficient (Wildman–Crippen LogP) is 2.42. The molecule has 0 aromatic heterocycles. The van der Waals surface area contributed by atoms with Crippen molar-refractivity contribution in [3.8, 4) is 0 Å². The van der Waals surface area contributed by atoms with Gasteiger partial charge < -0.3 is 5.32 Å². The van der Waals surface area contributed by atoms with Crippen molar-refractivity contribution in [2.75, 3.05) is 12.0 Å². The molecule has 2 saturated carbocycles. The van der Waals surface area contributed by atoms with Crippen LogP contribution in [0.2, 0.25) is 0 Å². The molecule has 2 bridgehead atoms. The van der Waals surface area contributed by atoms with Crippen LogP contribution in [0.15, 0.2) is 36.4 Å². The Morgan fingerprint density at radius 1 is 1.04 bits per heavy atom. The summed E-state index contributed by atoms with van der Waals surface area (Å²) in [5.41, 5.74) is 2.10. The number of rotatable bonds is 3. The molecule has 1 aliphatic heterocycles. The van der Waals surface area contributed by atoms with Crippen molar-refractivity contribution in [1.29, 1.82) is 0 Å². The molecule has 5 aliphatic rings. The highest BCUT2D eigenvalue weighted by Gasteiger charge is 2.66. The molecule has 6 atom stereocenters. The summed E-state index contributed by atoms with van der Waals surface area (Å²) in [6.07, 6.45) is 5.63. The zero-order valence-corrected chi connectivity index (χ0v) is 13.1. The number of hydrogen-bond donors (Lipinski definition) is 1. The third-order valence-corrected chi connectivity index (χ3v) is 6.33. The Bertz CT molecular complexity index is 705. The fourth-order valence-electron chi connectivity index (χ4n) is 5.11. The lowest BCUT2D eigenvalue weighted by atomic mass is 9.63. The number of aryl methyl sites for hydroxylation is 1. The lowest BCUT2D eigenvalue weighted by Gasteiger charge is -2.37. The number of carbonyl (C=O) groups is 2. The number of para-hydroxylation sites is 1. The number of nitrogens with zero attached hydrogens (tertiary/aromatic N) is 1.